The highest BCUT2D eigenvalue weighted by Gasteiger charge is 2.25. The SMILES string of the molecule is CC1=NC(C)(O)ON1. The van der Waals surface area contributed by atoms with Gasteiger partial charge in [-0.1, -0.05) is 0 Å². The van der Waals surface area contributed by atoms with E-state index in [9.17, 15) is 0 Å². The molecule has 8 heavy (non-hydrogen) atoms. The Labute approximate surface area is 47.1 Å². The van der Waals surface area contributed by atoms with Gasteiger partial charge in [-0.3, -0.25) is 0 Å². The lowest BCUT2D eigenvalue weighted by Gasteiger charge is -2.07. The number of rotatable bonds is 0. The first-order chi connectivity index (χ1) is 3.60. The molecular formula is C4H8N2O2. The van der Waals surface area contributed by atoms with Crippen LogP contribution < -0.4 is 5.48 Å². The number of nitrogens with zero attached hydrogens (tertiary/aromatic N) is 1. The minimum absolute atomic E-state index is 0.593. The van der Waals surface area contributed by atoms with Crippen molar-refractivity contribution in [2.45, 2.75) is 19.8 Å². The van der Waals surface area contributed by atoms with Crippen molar-refractivity contribution in [3.8, 4) is 0 Å². The van der Waals surface area contributed by atoms with E-state index >= 15 is 0 Å². The fraction of sp³-hybridized carbons (Fsp3) is 0.750. The van der Waals surface area contributed by atoms with Gasteiger partial charge in [-0.15, -0.1) is 0 Å². The first kappa shape index (κ1) is 5.53. The number of hydrogen-bond acceptors (Lipinski definition) is 4. The van der Waals surface area contributed by atoms with Crippen molar-refractivity contribution in [3.63, 3.8) is 0 Å². The Morgan fingerprint density at radius 2 is 2.50 bits per heavy atom. The molecule has 0 aromatic carbocycles. The molecule has 1 heterocycles. The van der Waals surface area contributed by atoms with Crippen molar-refractivity contribution in [1.29, 1.82) is 0 Å². The summed E-state index contributed by atoms with van der Waals surface area (Å²) in [6, 6.07) is 0. The third kappa shape index (κ3) is 0.962. The normalized spacial score (nSPS) is 36.6. The van der Waals surface area contributed by atoms with Crippen LogP contribution >= 0.6 is 0 Å². The van der Waals surface area contributed by atoms with Crippen LogP contribution in [0.1, 0.15) is 13.8 Å². The Kier molecular flexibility index (Phi) is 0.988. The molecule has 0 spiro atoms. The largest absolute Gasteiger partial charge is 0.346 e. The zero-order chi connectivity index (χ0) is 6.20. The van der Waals surface area contributed by atoms with Gasteiger partial charge < -0.3 is 5.11 Å². The summed E-state index contributed by atoms with van der Waals surface area (Å²) in [6.45, 7) is 3.16. The van der Waals surface area contributed by atoms with Crippen LogP contribution in [0.3, 0.4) is 0 Å². The fourth-order valence-electron chi connectivity index (χ4n) is 0.527. The zero-order valence-electron chi connectivity index (χ0n) is 4.80. The lowest BCUT2D eigenvalue weighted by Crippen LogP contribution is -2.24. The van der Waals surface area contributed by atoms with Crippen LogP contribution in [0.25, 0.3) is 0 Å². The topological polar surface area (TPSA) is 53.9 Å². The van der Waals surface area contributed by atoms with Crippen molar-refractivity contribution in [2.24, 2.45) is 4.99 Å². The number of amidine groups is 1. The number of nitrogens with one attached hydrogen (secondary N) is 1. The Hall–Kier alpha value is -0.610. The molecule has 0 bridgehead atoms. The van der Waals surface area contributed by atoms with Crippen molar-refractivity contribution >= 4 is 5.84 Å². The summed E-state index contributed by atoms with van der Waals surface area (Å²) in [4.78, 5) is 8.21. The molecule has 46 valence electrons. The Morgan fingerprint density at radius 3 is 2.62 bits per heavy atom. The van der Waals surface area contributed by atoms with Gasteiger partial charge in [0.2, 0.25) is 0 Å². The van der Waals surface area contributed by atoms with Gasteiger partial charge in [-0.25, -0.2) is 15.3 Å². The molecule has 1 unspecified atom stereocenters. The molecule has 0 aromatic heterocycles. The second kappa shape index (κ2) is 1.43. The minimum Gasteiger partial charge on any atom is -0.346 e. The molecule has 4 nitrogen and oxygen atoms in total. The predicted molar refractivity (Wildman–Crippen MR) is 28.0 cm³/mol. The van der Waals surface area contributed by atoms with E-state index in [4.69, 9.17) is 5.11 Å². The van der Waals surface area contributed by atoms with Gasteiger partial charge >= 0.3 is 0 Å². The van der Waals surface area contributed by atoms with Crippen LogP contribution in [-0.4, -0.2) is 16.9 Å². The molecule has 1 atom stereocenters. The molecule has 1 aliphatic rings. The number of hydrogen-bond donors (Lipinski definition) is 2. The summed E-state index contributed by atoms with van der Waals surface area (Å²) in [6.07, 6.45) is 0. The lowest BCUT2D eigenvalue weighted by atomic mass is 10.6. The van der Waals surface area contributed by atoms with Crippen molar-refractivity contribution < 1.29 is 9.94 Å². The maximum absolute atomic E-state index is 8.89. The van der Waals surface area contributed by atoms with Gasteiger partial charge in [-0.05, 0) is 6.92 Å². The molecule has 0 aliphatic carbocycles. The first-order valence-electron chi connectivity index (χ1n) is 2.33. The first-order valence-corrected chi connectivity index (χ1v) is 2.33. The maximum Gasteiger partial charge on any atom is 0.287 e. The highest BCUT2D eigenvalue weighted by molar-refractivity contribution is 5.79. The van der Waals surface area contributed by atoms with E-state index in [1.807, 2.05) is 0 Å². The van der Waals surface area contributed by atoms with E-state index in [-0.39, 0.29) is 0 Å². The third-order valence-corrected chi connectivity index (χ3v) is 0.767. The third-order valence-electron chi connectivity index (χ3n) is 0.767. The van der Waals surface area contributed by atoms with Crippen LogP contribution in [0.4, 0.5) is 0 Å². The molecule has 1 aliphatic heterocycles. The monoisotopic (exact) mass is 116 g/mol. The molecule has 0 fully saturated rings. The Bertz CT molecular complexity index is 130. The minimum atomic E-state index is -1.36. The molecule has 2 N–H and O–H groups in total. The highest BCUT2D eigenvalue weighted by Crippen LogP contribution is 2.09. The van der Waals surface area contributed by atoms with Gasteiger partial charge in [0.15, 0.2) is 0 Å². The van der Waals surface area contributed by atoms with Crippen LogP contribution in [0.5, 0.6) is 0 Å². The molecule has 0 radical (unpaired) electrons. The van der Waals surface area contributed by atoms with Crippen molar-refractivity contribution in [1.82, 2.24) is 5.48 Å². The second-order valence-corrected chi connectivity index (χ2v) is 1.84. The smallest absolute Gasteiger partial charge is 0.287 e. The van der Waals surface area contributed by atoms with E-state index < -0.39 is 5.91 Å². The van der Waals surface area contributed by atoms with E-state index in [1.54, 1.807) is 6.92 Å². The van der Waals surface area contributed by atoms with Crippen LogP contribution in [0, 0.1) is 0 Å². The predicted octanol–water partition coefficient (Wildman–Crippen LogP) is -0.394. The molecule has 0 amide bonds. The van der Waals surface area contributed by atoms with E-state index in [1.165, 1.54) is 6.92 Å². The number of aliphatic imine (C=N–C) groups is 1. The summed E-state index contributed by atoms with van der Waals surface area (Å²) in [5, 5.41) is 8.89. The standard InChI is InChI=1S/C4H8N2O2/c1-3-5-4(2,7)8-6-3/h7H,1-2H3,(H,5,6). The summed E-state index contributed by atoms with van der Waals surface area (Å²) in [5.74, 6) is -0.764. The van der Waals surface area contributed by atoms with Gasteiger partial charge in [0.25, 0.3) is 5.91 Å². The van der Waals surface area contributed by atoms with Crippen LogP contribution in [0.2, 0.25) is 0 Å². The van der Waals surface area contributed by atoms with Gasteiger partial charge in [0.1, 0.15) is 5.84 Å². The Morgan fingerprint density at radius 1 is 1.88 bits per heavy atom. The van der Waals surface area contributed by atoms with Crippen LogP contribution in [0.15, 0.2) is 4.99 Å². The zero-order valence-corrected chi connectivity index (χ0v) is 4.80. The number of hydroxylamine groups is 1. The molecule has 4 heteroatoms. The quantitative estimate of drug-likeness (QED) is 0.453. The number of aliphatic hydroxyl groups is 1. The summed E-state index contributed by atoms with van der Waals surface area (Å²) < 4.78 is 0. The molecule has 0 saturated heterocycles. The summed E-state index contributed by atoms with van der Waals surface area (Å²) in [5.41, 5.74) is 2.41. The van der Waals surface area contributed by atoms with Gasteiger partial charge in [0, 0.05) is 6.92 Å². The van der Waals surface area contributed by atoms with Gasteiger partial charge in [0.05, 0.1) is 0 Å². The molecule has 0 saturated carbocycles. The van der Waals surface area contributed by atoms with E-state index in [2.05, 4.69) is 15.3 Å². The fourth-order valence-corrected chi connectivity index (χ4v) is 0.527. The van der Waals surface area contributed by atoms with Crippen molar-refractivity contribution in [3.05, 3.63) is 0 Å². The lowest BCUT2D eigenvalue weighted by molar-refractivity contribution is -0.190. The van der Waals surface area contributed by atoms with E-state index in [0.29, 0.717) is 5.84 Å². The average Bonchev–Trinajstić information content (AvgIpc) is 1.82. The van der Waals surface area contributed by atoms with Crippen LogP contribution in [-0.2, 0) is 4.84 Å². The maximum atomic E-state index is 8.89. The molecular weight excluding hydrogens is 108 g/mol. The van der Waals surface area contributed by atoms with Gasteiger partial charge in [-0.2, -0.15) is 0 Å². The van der Waals surface area contributed by atoms with Crippen molar-refractivity contribution in [2.75, 3.05) is 0 Å². The summed E-state index contributed by atoms with van der Waals surface area (Å²) >= 11 is 0. The second-order valence-electron chi connectivity index (χ2n) is 1.84. The molecule has 0 aromatic rings. The summed E-state index contributed by atoms with van der Waals surface area (Å²) in [7, 11) is 0. The highest BCUT2D eigenvalue weighted by atomic mass is 16.8. The van der Waals surface area contributed by atoms with E-state index in [0.717, 1.165) is 0 Å². The average molecular weight is 116 g/mol. The molecule has 1 rings (SSSR count). The Balaban J connectivity index is 2.67.